The van der Waals surface area contributed by atoms with Crippen molar-refractivity contribution >= 4 is 0 Å². The molecule has 0 radical (unpaired) electrons. The molecule has 2 nitrogen and oxygen atoms in total. The molecule has 0 bridgehead atoms. The van der Waals surface area contributed by atoms with Crippen LogP contribution in [0, 0.1) is 11.8 Å². The Labute approximate surface area is 75.6 Å². The van der Waals surface area contributed by atoms with Crippen LogP contribution in [-0.4, -0.2) is 35.7 Å². The fourth-order valence-corrected chi connectivity index (χ4v) is 1.60. The highest BCUT2D eigenvalue weighted by molar-refractivity contribution is 4.76. The number of hydrogen-bond acceptors (Lipinski definition) is 2. The van der Waals surface area contributed by atoms with E-state index >= 15 is 0 Å². The number of β-amino-alcohol motifs (C(OH)–C–C–N with tert-alkyl or cyclic N) is 1. The van der Waals surface area contributed by atoms with Crippen LogP contribution in [0.1, 0.15) is 27.2 Å². The van der Waals surface area contributed by atoms with Crippen molar-refractivity contribution in [1.29, 1.82) is 0 Å². The van der Waals surface area contributed by atoms with Gasteiger partial charge in [0.2, 0.25) is 0 Å². The van der Waals surface area contributed by atoms with Crippen LogP contribution < -0.4 is 0 Å². The first-order valence-electron chi connectivity index (χ1n) is 5.00. The van der Waals surface area contributed by atoms with Crippen molar-refractivity contribution in [3.05, 3.63) is 0 Å². The van der Waals surface area contributed by atoms with Crippen LogP contribution >= 0.6 is 0 Å². The lowest BCUT2D eigenvalue weighted by atomic mass is 9.98. The normalized spacial score (nSPS) is 28.2. The van der Waals surface area contributed by atoms with E-state index in [1.807, 2.05) is 0 Å². The summed E-state index contributed by atoms with van der Waals surface area (Å²) in [5, 5.41) is 9.31. The number of likely N-dealkylation sites (tertiary alicyclic amines) is 1. The van der Waals surface area contributed by atoms with Gasteiger partial charge in [0.1, 0.15) is 0 Å². The molecule has 1 heterocycles. The average Bonchev–Trinajstić information content (AvgIpc) is 2.35. The third kappa shape index (κ3) is 2.76. The zero-order valence-corrected chi connectivity index (χ0v) is 8.45. The van der Waals surface area contributed by atoms with Crippen molar-refractivity contribution in [2.75, 3.05) is 19.6 Å². The summed E-state index contributed by atoms with van der Waals surface area (Å²) < 4.78 is 0. The molecule has 1 aliphatic rings. The van der Waals surface area contributed by atoms with Crippen LogP contribution in [0.3, 0.4) is 0 Å². The molecular formula is C10H21NO. The Kier molecular flexibility index (Phi) is 3.53. The van der Waals surface area contributed by atoms with Gasteiger partial charge < -0.3 is 10.0 Å². The molecule has 1 fully saturated rings. The molecule has 1 rings (SSSR count). The maximum Gasteiger partial charge on any atom is 0.0679 e. The molecule has 72 valence electrons. The highest BCUT2D eigenvalue weighted by atomic mass is 16.3. The molecule has 0 amide bonds. The zero-order chi connectivity index (χ0) is 9.14. The van der Waals surface area contributed by atoms with Gasteiger partial charge in [0.05, 0.1) is 6.10 Å². The van der Waals surface area contributed by atoms with Crippen LogP contribution in [0.4, 0.5) is 0 Å². The lowest BCUT2D eigenvalue weighted by molar-refractivity contribution is 0.166. The molecule has 1 saturated heterocycles. The molecule has 0 aromatic heterocycles. The first kappa shape index (κ1) is 10.0. The summed E-state index contributed by atoms with van der Waals surface area (Å²) in [7, 11) is 0. The van der Waals surface area contributed by atoms with E-state index in [1.54, 1.807) is 0 Å². The van der Waals surface area contributed by atoms with Crippen LogP contribution in [0.25, 0.3) is 0 Å². The second-order valence-electron chi connectivity index (χ2n) is 4.42. The molecule has 1 aliphatic heterocycles. The van der Waals surface area contributed by atoms with Crippen molar-refractivity contribution < 1.29 is 5.11 Å². The molecule has 0 unspecified atom stereocenters. The molecule has 2 heteroatoms. The molecule has 0 aromatic rings. The third-order valence-corrected chi connectivity index (χ3v) is 2.93. The van der Waals surface area contributed by atoms with Crippen LogP contribution in [0.5, 0.6) is 0 Å². The molecule has 1 N–H and O–H groups in total. The van der Waals surface area contributed by atoms with E-state index in [1.165, 1.54) is 0 Å². The van der Waals surface area contributed by atoms with E-state index < -0.39 is 0 Å². The summed E-state index contributed by atoms with van der Waals surface area (Å²) >= 11 is 0. The smallest absolute Gasteiger partial charge is 0.0679 e. The van der Waals surface area contributed by atoms with Gasteiger partial charge in [-0.3, -0.25) is 0 Å². The summed E-state index contributed by atoms with van der Waals surface area (Å²) in [5.74, 6) is 1.50. The van der Waals surface area contributed by atoms with Gasteiger partial charge in [0, 0.05) is 19.6 Å². The summed E-state index contributed by atoms with van der Waals surface area (Å²) in [5.41, 5.74) is 0. The van der Waals surface area contributed by atoms with Gasteiger partial charge in [0.15, 0.2) is 0 Å². The minimum absolute atomic E-state index is 0.0654. The predicted molar refractivity (Wildman–Crippen MR) is 51.1 cm³/mol. The van der Waals surface area contributed by atoms with Crippen molar-refractivity contribution in [3.63, 3.8) is 0 Å². The number of aliphatic hydroxyl groups is 1. The SMILES string of the molecule is CC(C)[C@@H](C)CN1CC[C@@H](O)C1. The number of nitrogens with zero attached hydrogens (tertiary/aromatic N) is 1. The third-order valence-electron chi connectivity index (χ3n) is 2.93. The number of rotatable bonds is 3. The fourth-order valence-electron chi connectivity index (χ4n) is 1.60. The largest absolute Gasteiger partial charge is 0.392 e. The highest BCUT2D eigenvalue weighted by Gasteiger charge is 2.22. The van der Waals surface area contributed by atoms with Crippen molar-refractivity contribution in [3.8, 4) is 0 Å². The standard InChI is InChI=1S/C10H21NO/c1-8(2)9(3)6-11-5-4-10(12)7-11/h8-10,12H,4-7H2,1-3H3/t9-,10+/m0/s1. The second kappa shape index (κ2) is 4.24. The Morgan fingerprint density at radius 3 is 2.50 bits per heavy atom. The van der Waals surface area contributed by atoms with Crippen molar-refractivity contribution in [1.82, 2.24) is 4.90 Å². The molecule has 2 atom stereocenters. The summed E-state index contributed by atoms with van der Waals surface area (Å²) in [6.07, 6.45) is 0.898. The first-order chi connectivity index (χ1) is 5.59. The summed E-state index contributed by atoms with van der Waals surface area (Å²) in [6.45, 7) is 9.92. The van der Waals surface area contributed by atoms with Gasteiger partial charge in [-0.05, 0) is 18.3 Å². The van der Waals surface area contributed by atoms with Crippen LogP contribution in [-0.2, 0) is 0 Å². The molecular weight excluding hydrogens is 150 g/mol. The minimum Gasteiger partial charge on any atom is -0.392 e. The zero-order valence-electron chi connectivity index (χ0n) is 8.45. The molecule has 0 saturated carbocycles. The van der Waals surface area contributed by atoms with Crippen LogP contribution in [0.2, 0.25) is 0 Å². The van der Waals surface area contributed by atoms with Crippen LogP contribution in [0.15, 0.2) is 0 Å². The number of hydrogen-bond donors (Lipinski definition) is 1. The lowest BCUT2D eigenvalue weighted by Gasteiger charge is -2.22. The topological polar surface area (TPSA) is 23.5 Å². The van der Waals surface area contributed by atoms with Gasteiger partial charge in [0.25, 0.3) is 0 Å². The first-order valence-corrected chi connectivity index (χ1v) is 5.00. The van der Waals surface area contributed by atoms with E-state index in [0.29, 0.717) is 0 Å². The molecule has 0 aromatic carbocycles. The van der Waals surface area contributed by atoms with Gasteiger partial charge in [-0.1, -0.05) is 20.8 Å². The van der Waals surface area contributed by atoms with Gasteiger partial charge in [-0.2, -0.15) is 0 Å². The monoisotopic (exact) mass is 171 g/mol. The quantitative estimate of drug-likeness (QED) is 0.693. The van der Waals surface area contributed by atoms with Crippen molar-refractivity contribution in [2.24, 2.45) is 11.8 Å². The van der Waals surface area contributed by atoms with Gasteiger partial charge in [-0.25, -0.2) is 0 Å². The summed E-state index contributed by atoms with van der Waals surface area (Å²) in [6, 6.07) is 0. The highest BCUT2D eigenvalue weighted by Crippen LogP contribution is 2.15. The number of aliphatic hydroxyl groups excluding tert-OH is 1. The molecule has 0 spiro atoms. The Balaban J connectivity index is 2.23. The second-order valence-corrected chi connectivity index (χ2v) is 4.42. The fraction of sp³-hybridized carbons (Fsp3) is 1.00. The van der Waals surface area contributed by atoms with E-state index in [9.17, 15) is 5.11 Å². The van der Waals surface area contributed by atoms with Crippen molar-refractivity contribution in [2.45, 2.75) is 33.3 Å². The van der Waals surface area contributed by atoms with Gasteiger partial charge >= 0.3 is 0 Å². The Bertz CT molecular complexity index is 136. The maximum absolute atomic E-state index is 9.31. The Morgan fingerprint density at radius 2 is 2.08 bits per heavy atom. The lowest BCUT2D eigenvalue weighted by Crippen LogP contribution is -2.29. The van der Waals surface area contributed by atoms with E-state index in [0.717, 1.165) is 37.9 Å². The average molecular weight is 171 g/mol. The Hall–Kier alpha value is -0.0800. The minimum atomic E-state index is -0.0654. The van der Waals surface area contributed by atoms with E-state index in [-0.39, 0.29) is 6.10 Å². The summed E-state index contributed by atoms with van der Waals surface area (Å²) in [4.78, 5) is 2.37. The predicted octanol–water partition coefficient (Wildman–Crippen LogP) is 1.35. The van der Waals surface area contributed by atoms with E-state index in [4.69, 9.17) is 0 Å². The van der Waals surface area contributed by atoms with E-state index in [2.05, 4.69) is 25.7 Å². The molecule has 0 aliphatic carbocycles. The molecule has 12 heavy (non-hydrogen) atoms. The Morgan fingerprint density at radius 1 is 1.42 bits per heavy atom. The van der Waals surface area contributed by atoms with Gasteiger partial charge in [-0.15, -0.1) is 0 Å². The maximum atomic E-state index is 9.31.